The fourth-order valence-corrected chi connectivity index (χ4v) is 1.50. The highest BCUT2D eigenvalue weighted by atomic mass is 32.2. The van der Waals surface area contributed by atoms with Crippen molar-refractivity contribution in [2.75, 3.05) is 0 Å². The molecule has 0 saturated heterocycles. The molecule has 0 amide bonds. The molecule has 0 radical (unpaired) electrons. The van der Waals surface area contributed by atoms with E-state index in [4.69, 9.17) is 0 Å². The molecule has 0 atom stereocenters. The second-order valence-corrected chi connectivity index (χ2v) is 2.75. The van der Waals surface area contributed by atoms with Gasteiger partial charge in [-0.1, -0.05) is 17.8 Å². The maximum atomic E-state index is 12.4. The second kappa shape index (κ2) is 1.26. The quantitative estimate of drug-likeness (QED) is 0.522. The molecule has 0 saturated carbocycles. The third-order valence-electron chi connectivity index (χ3n) is 1.15. The highest BCUT2D eigenvalue weighted by Crippen LogP contribution is 2.42. The van der Waals surface area contributed by atoms with E-state index in [-0.39, 0.29) is 5.82 Å². The van der Waals surface area contributed by atoms with Gasteiger partial charge in [-0.15, -0.1) is 0 Å². The van der Waals surface area contributed by atoms with E-state index in [1.165, 1.54) is 11.8 Å². The second-order valence-electron chi connectivity index (χ2n) is 1.67. The number of benzene rings is 1. The van der Waals surface area contributed by atoms with E-state index in [1.807, 2.05) is 6.07 Å². The normalized spacial score (nSPS) is 13.1. The highest BCUT2D eigenvalue weighted by Gasteiger charge is 2.18. The van der Waals surface area contributed by atoms with E-state index >= 15 is 0 Å². The van der Waals surface area contributed by atoms with Gasteiger partial charge in [0.15, 0.2) is 5.82 Å². The van der Waals surface area contributed by atoms with Crippen LogP contribution in [0.4, 0.5) is 4.39 Å². The molecule has 8 heavy (non-hydrogen) atoms. The Bertz CT molecular complexity index is 212. The molecule has 0 fully saturated rings. The van der Waals surface area contributed by atoms with Crippen molar-refractivity contribution in [3.63, 3.8) is 0 Å². The summed E-state index contributed by atoms with van der Waals surface area (Å²) in [6.45, 7) is 0. The molecule has 0 unspecified atom stereocenters. The zero-order chi connectivity index (χ0) is 5.56. The Balaban J connectivity index is 2.75. The molecule has 2 heteroatoms. The van der Waals surface area contributed by atoms with Crippen molar-refractivity contribution in [2.24, 2.45) is 0 Å². The monoisotopic (exact) mass is 126 g/mol. The summed E-state index contributed by atoms with van der Waals surface area (Å²) in [5.41, 5.74) is 0. The minimum Gasteiger partial charge on any atom is -0.204 e. The van der Waals surface area contributed by atoms with E-state index in [1.54, 1.807) is 12.1 Å². The molecule has 2 aliphatic rings. The van der Waals surface area contributed by atoms with Crippen molar-refractivity contribution in [3.05, 3.63) is 24.0 Å². The van der Waals surface area contributed by atoms with Gasteiger partial charge in [0.25, 0.3) is 0 Å². The SMILES string of the molecule is Fc1c2cccc1S2. The summed E-state index contributed by atoms with van der Waals surface area (Å²) in [6.07, 6.45) is 0. The van der Waals surface area contributed by atoms with Gasteiger partial charge in [-0.05, 0) is 12.1 Å². The first kappa shape index (κ1) is 4.39. The number of hydrogen-bond acceptors (Lipinski definition) is 1. The zero-order valence-electron chi connectivity index (χ0n) is 4.02. The molecule has 2 aliphatic heterocycles. The first-order chi connectivity index (χ1) is 3.88. The Morgan fingerprint density at radius 2 is 1.88 bits per heavy atom. The molecule has 2 bridgehead atoms. The third kappa shape index (κ3) is 0.364. The van der Waals surface area contributed by atoms with Crippen molar-refractivity contribution in [2.45, 2.75) is 9.79 Å². The summed E-state index contributed by atoms with van der Waals surface area (Å²) in [7, 11) is 0. The molecule has 0 N–H and O–H groups in total. The van der Waals surface area contributed by atoms with Crippen LogP contribution in [0, 0.1) is 5.82 Å². The Labute approximate surface area is 50.7 Å². The molecule has 3 rings (SSSR count). The van der Waals surface area contributed by atoms with Crippen molar-refractivity contribution in [3.8, 4) is 0 Å². The smallest absolute Gasteiger partial charge is 0.151 e. The summed E-state index contributed by atoms with van der Waals surface area (Å²) in [5, 5.41) is 0. The predicted molar refractivity (Wildman–Crippen MR) is 30.5 cm³/mol. The van der Waals surface area contributed by atoms with Crippen LogP contribution < -0.4 is 0 Å². The summed E-state index contributed by atoms with van der Waals surface area (Å²) >= 11 is 1.50. The number of halogens is 1. The molecule has 0 aromatic heterocycles. The van der Waals surface area contributed by atoms with Crippen LogP contribution in [0.25, 0.3) is 0 Å². The van der Waals surface area contributed by atoms with Gasteiger partial charge >= 0.3 is 0 Å². The molecule has 1 aromatic rings. The van der Waals surface area contributed by atoms with Crippen LogP contribution in [-0.2, 0) is 0 Å². The van der Waals surface area contributed by atoms with E-state index in [0.717, 1.165) is 9.79 Å². The molecule has 40 valence electrons. The van der Waals surface area contributed by atoms with Crippen molar-refractivity contribution < 1.29 is 4.39 Å². The molecule has 1 aromatic carbocycles. The fraction of sp³-hybridized carbons (Fsp3) is 0. The lowest BCUT2D eigenvalue weighted by molar-refractivity contribution is 0.562. The number of rotatable bonds is 0. The topological polar surface area (TPSA) is 0 Å². The minimum atomic E-state index is -0.0301. The van der Waals surface area contributed by atoms with Crippen LogP contribution in [0.1, 0.15) is 0 Å². The lowest BCUT2D eigenvalue weighted by Gasteiger charge is -2.14. The average molecular weight is 126 g/mol. The van der Waals surface area contributed by atoms with E-state index in [0.29, 0.717) is 0 Å². The van der Waals surface area contributed by atoms with Gasteiger partial charge in [-0.25, -0.2) is 4.39 Å². The molecular weight excluding hydrogens is 123 g/mol. The molecule has 0 aliphatic carbocycles. The fourth-order valence-electron chi connectivity index (χ4n) is 0.720. The largest absolute Gasteiger partial charge is 0.204 e. The van der Waals surface area contributed by atoms with Gasteiger partial charge in [0.2, 0.25) is 0 Å². The maximum absolute atomic E-state index is 12.4. The van der Waals surface area contributed by atoms with Crippen molar-refractivity contribution in [1.29, 1.82) is 0 Å². The van der Waals surface area contributed by atoms with Crippen LogP contribution in [0.15, 0.2) is 28.0 Å². The van der Waals surface area contributed by atoms with E-state index < -0.39 is 0 Å². The zero-order valence-corrected chi connectivity index (χ0v) is 4.83. The Morgan fingerprint density at radius 1 is 1.25 bits per heavy atom. The van der Waals surface area contributed by atoms with Crippen LogP contribution in [-0.4, -0.2) is 0 Å². The van der Waals surface area contributed by atoms with E-state index in [9.17, 15) is 4.39 Å². The maximum Gasteiger partial charge on any atom is 0.151 e. The van der Waals surface area contributed by atoms with Gasteiger partial charge in [0, 0.05) is 9.79 Å². The van der Waals surface area contributed by atoms with Crippen molar-refractivity contribution >= 4 is 11.8 Å². The number of hydrogen-bond donors (Lipinski definition) is 0. The molecule has 0 nitrogen and oxygen atoms in total. The standard InChI is InChI=1S/C6H3FS/c7-6-4-2-1-3-5(6)8-4/h1-3H. The van der Waals surface area contributed by atoms with Crippen LogP contribution in [0.3, 0.4) is 0 Å². The number of fused-ring (bicyclic) bond motifs is 2. The van der Waals surface area contributed by atoms with E-state index in [2.05, 4.69) is 0 Å². The summed E-state index contributed by atoms with van der Waals surface area (Å²) in [4.78, 5) is 1.56. The summed E-state index contributed by atoms with van der Waals surface area (Å²) in [5.74, 6) is -0.0301. The van der Waals surface area contributed by atoms with Gasteiger partial charge in [-0.2, -0.15) is 0 Å². The Kier molecular flexibility index (Phi) is 0.690. The van der Waals surface area contributed by atoms with Crippen LogP contribution >= 0.6 is 11.8 Å². The van der Waals surface area contributed by atoms with Gasteiger partial charge in [0.1, 0.15) is 0 Å². The first-order valence-corrected chi connectivity index (χ1v) is 3.16. The summed E-state index contributed by atoms with van der Waals surface area (Å²) in [6, 6.07) is 5.43. The van der Waals surface area contributed by atoms with Crippen LogP contribution in [0.2, 0.25) is 0 Å². The minimum absolute atomic E-state index is 0.0301. The van der Waals surface area contributed by atoms with Crippen molar-refractivity contribution in [1.82, 2.24) is 0 Å². The molecule has 0 spiro atoms. The van der Waals surface area contributed by atoms with Gasteiger partial charge in [-0.3, -0.25) is 0 Å². The predicted octanol–water partition coefficient (Wildman–Crippen LogP) is 2.29. The summed E-state index contributed by atoms with van der Waals surface area (Å²) < 4.78 is 12.4. The molecular formula is C6H3FS. The van der Waals surface area contributed by atoms with Gasteiger partial charge in [0.05, 0.1) is 0 Å². The first-order valence-electron chi connectivity index (χ1n) is 2.34. The third-order valence-corrected chi connectivity index (χ3v) is 2.22. The van der Waals surface area contributed by atoms with Crippen LogP contribution in [0.5, 0.6) is 0 Å². The Morgan fingerprint density at radius 3 is 2.12 bits per heavy atom. The van der Waals surface area contributed by atoms with Gasteiger partial charge < -0.3 is 0 Å². The average Bonchev–Trinajstić information content (AvgIpc) is 1.89. The lowest BCUT2D eigenvalue weighted by Crippen LogP contribution is -1.93. The Hall–Kier alpha value is -0.500. The highest BCUT2D eigenvalue weighted by molar-refractivity contribution is 8.00. The lowest BCUT2D eigenvalue weighted by atomic mass is 10.3. The molecule has 2 heterocycles.